The van der Waals surface area contributed by atoms with Crippen molar-refractivity contribution in [1.82, 2.24) is 14.6 Å². The van der Waals surface area contributed by atoms with E-state index >= 15 is 0 Å². The molecule has 0 amide bonds. The number of rotatable bonds is 11. The van der Waals surface area contributed by atoms with Crippen LogP contribution in [0.4, 0.5) is 22.9 Å². The molecule has 14 heteroatoms. The van der Waals surface area contributed by atoms with E-state index in [0.29, 0.717) is 45.5 Å². The quantitative estimate of drug-likeness (QED) is 0.118. The molecule has 3 aromatic carbocycles. The summed E-state index contributed by atoms with van der Waals surface area (Å²) in [4.78, 5) is 6.88. The number of nitrogens with one attached hydrogen (secondary N) is 3. The van der Waals surface area contributed by atoms with E-state index < -0.39 is 22.5 Å². The zero-order chi connectivity index (χ0) is 35.7. The zero-order valence-electron chi connectivity index (χ0n) is 28.1. The van der Waals surface area contributed by atoms with Crippen LogP contribution in [0, 0.1) is 32.4 Å². The number of aromatic amines is 1. The van der Waals surface area contributed by atoms with Crippen LogP contribution in [0.2, 0.25) is 5.02 Å². The molecule has 2 unspecified atom stereocenters. The maximum Gasteiger partial charge on any atom is 0.316 e. The summed E-state index contributed by atoms with van der Waals surface area (Å²) in [5.74, 6) is 1.22. The Balaban J connectivity index is 1.28. The summed E-state index contributed by atoms with van der Waals surface area (Å²) in [7, 11) is 0. The second-order valence-electron chi connectivity index (χ2n) is 13.4. The number of H-pyrrole nitrogens is 1. The van der Waals surface area contributed by atoms with Crippen molar-refractivity contribution >= 4 is 62.7 Å². The molecular formula is C35H36ClN7O4S2. The summed E-state index contributed by atoms with van der Waals surface area (Å²) in [6, 6.07) is 18.0. The molecule has 0 bridgehead atoms. The fourth-order valence-corrected chi connectivity index (χ4v) is 7.45. The van der Waals surface area contributed by atoms with Gasteiger partial charge in [-0.15, -0.1) is 5.10 Å². The second kappa shape index (κ2) is 14.0. The SMILES string of the molecule is [C-]#[N+]c1c(Cl)c2[nH]nc(-c3cccc(NS(=O)Oc4cc(NS(=O)Oc5cc(C(C)(C)CC(C)(C)C)ccc5C)ccc4C)c3)n2c1[N+]#[C-]. The second-order valence-corrected chi connectivity index (χ2v) is 15.5. The van der Waals surface area contributed by atoms with E-state index in [4.69, 9.17) is 33.1 Å². The first kappa shape index (κ1) is 35.5. The third-order valence-electron chi connectivity index (χ3n) is 7.74. The third kappa shape index (κ3) is 7.92. The number of hydrogen-bond donors (Lipinski definition) is 3. The van der Waals surface area contributed by atoms with Crippen LogP contribution in [-0.4, -0.2) is 23.0 Å². The molecule has 0 aliphatic carbocycles. The molecule has 3 N–H and O–H groups in total. The molecule has 0 aliphatic heterocycles. The molecule has 254 valence electrons. The predicted molar refractivity (Wildman–Crippen MR) is 197 cm³/mol. The smallest absolute Gasteiger partial charge is 0.316 e. The van der Waals surface area contributed by atoms with E-state index in [1.54, 1.807) is 49.4 Å². The Morgan fingerprint density at radius 3 is 2.10 bits per heavy atom. The Kier molecular flexibility index (Phi) is 10.1. The molecule has 2 atom stereocenters. The lowest BCUT2D eigenvalue weighted by Gasteiger charge is -2.33. The topological polar surface area (TPSA) is 118 Å². The normalized spacial score (nSPS) is 12.9. The Labute approximate surface area is 296 Å². The highest BCUT2D eigenvalue weighted by Crippen LogP contribution is 2.43. The number of aryl methyl sites for hydroxylation is 2. The van der Waals surface area contributed by atoms with Crippen LogP contribution in [0.5, 0.6) is 11.5 Å². The number of halogens is 1. The number of nitrogens with zero attached hydrogens (tertiary/aromatic N) is 4. The molecule has 0 fully saturated rings. The van der Waals surface area contributed by atoms with Crippen LogP contribution in [0.25, 0.3) is 26.7 Å². The van der Waals surface area contributed by atoms with Crippen LogP contribution in [0.3, 0.4) is 0 Å². The molecule has 5 rings (SSSR count). The number of hydrogen-bond acceptors (Lipinski definition) is 5. The minimum Gasteiger partial charge on any atom is -0.385 e. The van der Waals surface area contributed by atoms with Gasteiger partial charge in [-0.3, -0.25) is 9.44 Å². The lowest BCUT2D eigenvalue weighted by Crippen LogP contribution is -2.25. The molecule has 0 saturated heterocycles. The monoisotopic (exact) mass is 717 g/mol. The Hall–Kier alpha value is -4.82. The van der Waals surface area contributed by atoms with Crippen molar-refractivity contribution in [3.05, 3.63) is 105 Å². The van der Waals surface area contributed by atoms with Gasteiger partial charge in [0.05, 0.1) is 17.9 Å². The van der Waals surface area contributed by atoms with Gasteiger partial charge in [-0.1, -0.05) is 77.1 Å². The summed E-state index contributed by atoms with van der Waals surface area (Å²) >= 11 is 2.35. The van der Waals surface area contributed by atoms with Crippen LogP contribution in [0.15, 0.2) is 60.7 Å². The maximum absolute atomic E-state index is 13.1. The summed E-state index contributed by atoms with van der Waals surface area (Å²) < 4.78 is 44.9. The van der Waals surface area contributed by atoms with Gasteiger partial charge in [-0.2, -0.15) is 8.42 Å². The van der Waals surface area contributed by atoms with E-state index in [1.165, 1.54) is 4.40 Å². The number of benzene rings is 3. The van der Waals surface area contributed by atoms with E-state index in [2.05, 4.69) is 70.0 Å². The number of anilines is 2. The molecule has 0 radical (unpaired) electrons. The van der Waals surface area contributed by atoms with Gasteiger partial charge in [0, 0.05) is 11.6 Å². The van der Waals surface area contributed by atoms with Gasteiger partial charge < -0.3 is 13.2 Å². The summed E-state index contributed by atoms with van der Waals surface area (Å²) in [6.07, 6.45) is 0.962. The first-order valence-electron chi connectivity index (χ1n) is 15.2. The highest BCUT2D eigenvalue weighted by atomic mass is 35.5. The predicted octanol–water partition coefficient (Wildman–Crippen LogP) is 9.55. The van der Waals surface area contributed by atoms with Crippen molar-refractivity contribution in [3.8, 4) is 22.9 Å². The van der Waals surface area contributed by atoms with Crippen molar-refractivity contribution in [3.63, 3.8) is 0 Å². The van der Waals surface area contributed by atoms with Crippen molar-refractivity contribution in [1.29, 1.82) is 0 Å². The molecule has 0 spiro atoms. The minimum absolute atomic E-state index is 0.0396. The summed E-state index contributed by atoms with van der Waals surface area (Å²) in [6.45, 7) is 29.7. The zero-order valence-corrected chi connectivity index (χ0v) is 30.5. The van der Waals surface area contributed by atoms with Crippen LogP contribution < -0.4 is 17.8 Å². The number of aromatic nitrogens is 3. The Morgan fingerprint density at radius 1 is 0.878 bits per heavy atom. The summed E-state index contributed by atoms with van der Waals surface area (Å²) in [5.41, 5.74) is 4.52. The van der Waals surface area contributed by atoms with Crippen molar-refractivity contribution in [2.24, 2.45) is 5.41 Å². The van der Waals surface area contributed by atoms with E-state index in [1.807, 2.05) is 19.1 Å². The highest BCUT2D eigenvalue weighted by molar-refractivity contribution is 7.82. The van der Waals surface area contributed by atoms with Crippen molar-refractivity contribution < 1.29 is 16.8 Å². The van der Waals surface area contributed by atoms with Gasteiger partial charge >= 0.3 is 22.5 Å². The Morgan fingerprint density at radius 2 is 1.49 bits per heavy atom. The average Bonchev–Trinajstić information content (AvgIpc) is 3.56. The largest absolute Gasteiger partial charge is 0.385 e. The first-order chi connectivity index (χ1) is 23.1. The molecule has 11 nitrogen and oxygen atoms in total. The highest BCUT2D eigenvalue weighted by Gasteiger charge is 2.28. The first-order valence-corrected chi connectivity index (χ1v) is 17.7. The fraction of sp³-hybridized carbons (Fsp3) is 0.286. The molecule has 5 aromatic rings. The van der Waals surface area contributed by atoms with Gasteiger partial charge in [-0.05, 0) is 78.1 Å². The van der Waals surface area contributed by atoms with E-state index in [-0.39, 0.29) is 27.4 Å². The van der Waals surface area contributed by atoms with Crippen LogP contribution in [0.1, 0.15) is 57.7 Å². The van der Waals surface area contributed by atoms with Crippen LogP contribution in [-0.2, 0) is 27.9 Å². The summed E-state index contributed by atoms with van der Waals surface area (Å²) in [5, 5.41) is 7.20. The molecule has 0 saturated carbocycles. The Bertz CT molecular complexity index is 2190. The molecule has 2 aromatic heterocycles. The lowest BCUT2D eigenvalue weighted by molar-refractivity contribution is 0.284. The van der Waals surface area contributed by atoms with Gasteiger partial charge in [0.25, 0.3) is 0 Å². The van der Waals surface area contributed by atoms with Crippen molar-refractivity contribution in [2.45, 2.75) is 60.3 Å². The van der Waals surface area contributed by atoms with E-state index in [0.717, 1.165) is 17.5 Å². The molecule has 2 heterocycles. The third-order valence-corrected chi connectivity index (χ3v) is 9.57. The maximum atomic E-state index is 13.1. The van der Waals surface area contributed by atoms with Crippen LogP contribution >= 0.6 is 11.6 Å². The molecular weight excluding hydrogens is 682 g/mol. The average molecular weight is 718 g/mol. The van der Waals surface area contributed by atoms with Gasteiger partial charge in [0.2, 0.25) is 23.0 Å². The van der Waals surface area contributed by atoms with Crippen molar-refractivity contribution in [2.75, 3.05) is 9.44 Å². The van der Waals surface area contributed by atoms with Gasteiger partial charge in [0.1, 0.15) is 16.5 Å². The van der Waals surface area contributed by atoms with E-state index in [9.17, 15) is 8.42 Å². The molecule has 0 aliphatic rings. The standard InChI is InChI=1S/C35H36ClN7O4S2/c1-21-13-15-24(35(6,7)20-34(3,4)5)18-27(21)46-49(45)42-26-16-14-22(2)28(19-26)47-48(44)41-25-12-10-11-23(17-25)31-39-40-32-29(36)30(37-8)33(38-9)43(31)32/h10-19,40-42H,20H2,1-7H3. The minimum atomic E-state index is -2.03. The lowest BCUT2D eigenvalue weighted by atomic mass is 9.72. The molecule has 49 heavy (non-hydrogen) atoms. The number of fused-ring (bicyclic) bond motifs is 1. The van der Waals surface area contributed by atoms with Gasteiger partial charge in [0.15, 0.2) is 0 Å². The van der Waals surface area contributed by atoms with Gasteiger partial charge in [-0.25, -0.2) is 14.3 Å². The fourth-order valence-electron chi connectivity index (χ4n) is 5.79.